The van der Waals surface area contributed by atoms with E-state index in [1.54, 1.807) is 12.1 Å². The van der Waals surface area contributed by atoms with Crippen LogP contribution in [0.15, 0.2) is 23.1 Å². The van der Waals surface area contributed by atoms with Crippen LogP contribution in [0.1, 0.15) is 31.2 Å². The molecule has 1 aromatic rings. The van der Waals surface area contributed by atoms with Gasteiger partial charge >= 0.3 is 0 Å². The summed E-state index contributed by atoms with van der Waals surface area (Å²) in [6, 6.07) is 6.64. The number of amides is 1. The minimum absolute atomic E-state index is 0.00123. The van der Waals surface area contributed by atoms with Gasteiger partial charge in [0.15, 0.2) is 9.84 Å². The average molecular weight is 396 g/mol. The smallest absolute Gasteiger partial charge is 0.225 e. The molecule has 1 aliphatic heterocycles. The molecule has 1 saturated heterocycles. The van der Waals surface area contributed by atoms with Crippen molar-refractivity contribution in [3.05, 3.63) is 23.8 Å². The predicted octanol–water partition coefficient (Wildman–Crippen LogP) is 2.29. The second-order valence-corrected chi connectivity index (χ2v) is 9.80. The quantitative estimate of drug-likeness (QED) is 0.762. The fourth-order valence-corrected chi connectivity index (χ4v) is 5.12. The number of benzene rings is 1. The first-order valence-corrected chi connectivity index (χ1v) is 11.0. The van der Waals surface area contributed by atoms with Gasteiger partial charge in [-0.15, -0.1) is 11.6 Å². The largest absolute Gasteiger partial charge is 0.383 e. The molecule has 1 heterocycles. The van der Waals surface area contributed by atoms with E-state index in [1.807, 2.05) is 6.07 Å². The number of sulfone groups is 1. The molecule has 4 atom stereocenters. The molecule has 1 aliphatic carbocycles. The van der Waals surface area contributed by atoms with Crippen molar-refractivity contribution in [1.29, 1.82) is 5.26 Å². The Balaban J connectivity index is 1.73. The monoisotopic (exact) mass is 395 g/mol. The van der Waals surface area contributed by atoms with Crippen molar-refractivity contribution >= 4 is 33.0 Å². The topological polar surface area (TPSA) is 99.1 Å². The van der Waals surface area contributed by atoms with Gasteiger partial charge < -0.3 is 10.6 Å². The van der Waals surface area contributed by atoms with Crippen LogP contribution in [-0.4, -0.2) is 38.5 Å². The van der Waals surface area contributed by atoms with Crippen molar-refractivity contribution < 1.29 is 13.2 Å². The Bertz CT molecular complexity index is 850. The van der Waals surface area contributed by atoms with Crippen LogP contribution >= 0.6 is 11.6 Å². The normalized spacial score (nSPS) is 28.6. The lowest BCUT2D eigenvalue weighted by Gasteiger charge is -2.41. The molecule has 4 unspecified atom stereocenters. The lowest BCUT2D eigenvalue weighted by atomic mass is 9.75. The minimum atomic E-state index is -3.49. The Kier molecular flexibility index (Phi) is 5.44. The molecule has 2 aliphatic rings. The number of anilines is 1. The number of carbonyl (C=O) groups is 1. The van der Waals surface area contributed by atoms with Crippen LogP contribution in [0.5, 0.6) is 0 Å². The zero-order chi connectivity index (χ0) is 18.9. The molecule has 1 amide bonds. The molecule has 3 rings (SSSR count). The Labute approximate surface area is 158 Å². The molecule has 2 fully saturated rings. The molecule has 26 heavy (non-hydrogen) atoms. The van der Waals surface area contributed by atoms with E-state index in [-0.39, 0.29) is 33.7 Å². The number of halogens is 1. The summed E-state index contributed by atoms with van der Waals surface area (Å²) < 4.78 is 24.0. The van der Waals surface area contributed by atoms with Crippen LogP contribution in [0.3, 0.4) is 0 Å². The van der Waals surface area contributed by atoms with E-state index >= 15 is 0 Å². The van der Waals surface area contributed by atoms with Gasteiger partial charge in [0, 0.05) is 24.2 Å². The lowest BCUT2D eigenvalue weighted by Crippen LogP contribution is -2.53. The van der Waals surface area contributed by atoms with Gasteiger partial charge in [-0.3, -0.25) is 4.79 Å². The summed E-state index contributed by atoms with van der Waals surface area (Å²) in [6.45, 7) is 0.344. The highest BCUT2D eigenvalue weighted by Gasteiger charge is 2.38. The van der Waals surface area contributed by atoms with Gasteiger partial charge in [0.1, 0.15) is 0 Å². The number of nitrogens with zero attached hydrogens (tertiary/aromatic N) is 1. The standard InChI is InChI=1S/C18H22ClN3O3S/c1-26(24,25)17-6-11(9-20)2-4-16(17)21-10-13-7-12-8-14(19)3-5-15(12)22-18(13)23/h2,4,6,12-15,21H,3,5,7-8,10H2,1H3,(H,22,23). The number of nitrogens with one attached hydrogen (secondary N) is 2. The zero-order valence-electron chi connectivity index (χ0n) is 14.5. The van der Waals surface area contributed by atoms with Crippen molar-refractivity contribution in [2.45, 2.75) is 42.0 Å². The lowest BCUT2D eigenvalue weighted by molar-refractivity contribution is -0.129. The Morgan fingerprint density at radius 3 is 2.81 bits per heavy atom. The van der Waals surface area contributed by atoms with Crippen molar-refractivity contribution in [3.63, 3.8) is 0 Å². The van der Waals surface area contributed by atoms with E-state index in [0.29, 0.717) is 18.2 Å². The maximum absolute atomic E-state index is 12.4. The van der Waals surface area contributed by atoms with Crippen molar-refractivity contribution in [2.75, 3.05) is 18.1 Å². The van der Waals surface area contributed by atoms with Gasteiger partial charge in [0.05, 0.1) is 28.1 Å². The number of carbonyl (C=O) groups excluding carboxylic acids is 1. The fourth-order valence-electron chi connectivity index (χ4n) is 3.88. The summed E-state index contributed by atoms with van der Waals surface area (Å²) in [6.07, 6.45) is 4.59. The van der Waals surface area contributed by atoms with Crippen LogP contribution in [0, 0.1) is 23.2 Å². The summed E-state index contributed by atoms with van der Waals surface area (Å²) in [4.78, 5) is 12.5. The van der Waals surface area contributed by atoms with Crippen LogP contribution < -0.4 is 10.6 Å². The third kappa shape index (κ3) is 4.13. The fraction of sp³-hybridized carbons (Fsp3) is 0.556. The van der Waals surface area contributed by atoms with Crippen molar-refractivity contribution in [3.8, 4) is 6.07 Å². The molecule has 140 valence electrons. The molecular formula is C18H22ClN3O3S. The number of rotatable bonds is 4. The number of alkyl halides is 1. The molecule has 0 spiro atoms. The SMILES string of the molecule is CS(=O)(=O)c1cc(C#N)ccc1NCC1CC2CC(Cl)CCC2NC1=O. The highest BCUT2D eigenvalue weighted by Crippen LogP contribution is 2.35. The summed E-state index contributed by atoms with van der Waals surface area (Å²) in [7, 11) is -3.49. The van der Waals surface area contributed by atoms with Gasteiger partial charge in [-0.2, -0.15) is 5.26 Å². The Hall–Kier alpha value is -1.78. The van der Waals surface area contributed by atoms with Gasteiger partial charge in [0.25, 0.3) is 0 Å². The van der Waals surface area contributed by atoms with Crippen LogP contribution in [-0.2, 0) is 14.6 Å². The van der Waals surface area contributed by atoms with E-state index in [0.717, 1.165) is 31.9 Å². The van der Waals surface area contributed by atoms with E-state index in [9.17, 15) is 13.2 Å². The number of hydrogen-bond donors (Lipinski definition) is 2. The average Bonchev–Trinajstić information content (AvgIpc) is 2.59. The first-order chi connectivity index (χ1) is 12.3. The number of nitriles is 1. The molecule has 1 saturated carbocycles. The second-order valence-electron chi connectivity index (χ2n) is 7.19. The van der Waals surface area contributed by atoms with Gasteiger partial charge in [-0.05, 0) is 49.8 Å². The molecular weight excluding hydrogens is 374 g/mol. The highest BCUT2D eigenvalue weighted by atomic mass is 35.5. The van der Waals surface area contributed by atoms with Crippen LogP contribution in [0.4, 0.5) is 5.69 Å². The minimum Gasteiger partial charge on any atom is -0.383 e. The van der Waals surface area contributed by atoms with E-state index in [2.05, 4.69) is 10.6 Å². The molecule has 0 aromatic heterocycles. The number of hydrogen-bond acceptors (Lipinski definition) is 5. The third-order valence-corrected chi connectivity index (χ3v) is 6.79. The third-order valence-electron chi connectivity index (χ3n) is 5.25. The van der Waals surface area contributed by atoms with Crippen molar-refractivity contribution in [1.82, 2.24) is 5.32 Å². The Morgan fingerprint density at radius 1 is 1.35 bits per heavy atom. The predicted molar refractivity (Wildman–Crippen MR) is 99.8 cm³/mol. The zero-order valence-corrected chi connectivity index (χ0v) is 16.1. The van der Waals surface area contributed by atoms with Gasteiger partial charge in [-0.25, -0.2) is 8.42 Å². The number of piperidine rings is 1. The van der Waals surface area contributed by atoms with Crippen LogP contribution in [0.25, 0.3) is 0 Å². The molecule has 2 N–H and O–H groups in total. The summed E-state index contributed by atoms with van der Waals surface area (Å²) in [5.74, 6) is 0.133. The summed E-state index contributed by atoms with van der Waals surface area (Å²) >= 11 is 6.27. The Morgan fingerprint density at radius 2 is 2.12 bits per heavy atom. The molecule has 8 heteroatoms. The first-order valence-electron chi connectivity index (χ1n) is 8.70. The highest BCUT2D eigenvalue weighted by molar-refractivity contribution is 7.90. The molecule has 1 aromatic carbocycles. The molecule has 6 nitrogen and oxygen atoms in total. The van der Waals surface area contributed by atoms with Crippen LogP contribution in [0.2, 0.25) is 0 Å². The van der Waals surface area contributed by atoms with E-state index < -0.39 is 9.84 Å². The van der Waals surface area contributed by atoms with Gasteiger partial charge in [0.2, 0.25) is 5.91 Å². The maximum atomic E-state index is 12.4. The summed E-state index contributed by atoms with van der Waals surface area (Å²) in [5, 5.41) is 15.3. The van der Waals surface area contributed by atoms with Crippen molar-refractivity contribution in [2.24, 2.45) is 11.8 Å². The maximum Gasteiger partial charge on any atom is 0.225 e. The molecule has 0 bridgehead atoms. The first kappa shape index (κ1) is 19.0. The number of fused-ring (bicyclic) bond motifs is 1. The summed E-state index contributed by atoms with van der Waals surface area (Å²) in [5.41, 5.74) is 0.699. The van der Waals surface area contributed by atoms with E-state index in [4.69, 9.17) is 16.9 Å². The molecule has 0 radical (unpaired) electrons. The van der Waals surface area contributed by atoms with E-state index in [1.165, 1.54) is 6.07 Å². The second kappa shape index (κ2) is 7.45. The van der Waals surface area contributed by atoms with Gasteiger partial charge in [-0.1, -0.05) is 0 Å².